The molecule has 1 fully saturated rings. The first-order valence-electron chi connectivity index (χ1n) is 9.12. The van der Waals surface area contributed by atoms with Gasteiger partial charge in [0.05, 0.1) is 17.2 Å². The van der Waals surface area contributed by atoms with Gasteiger partial charge in [-0.1, -0.05) is 23.4 Å². The van der Waals surface area contributed by atoms with Gasteiger partial charge in [0.2, 0.25) is 0 Å². The maximum absolute atomic E-state index is 12.2. The molecule has 2 bridgehead atoms. The Kier molecular flexibility index (Phi) is 3.67. The summed E-state index contributed by atoms with van der Waals surface area (Å²) in [5.41, 5.74) is 3.26. The van der Waals surface area contributed by atoms with E-state index in [1.54, 1.807) is 12.3 Å². The van der Waals surface area contributed by atoms with Crippen molar-refractivity contribution in [3.05, 3.63) is 70.4 Å². The number of oxime groups is 1. The lowest BCUT2D eigenvalue weighted by molar-refractivity contribution is 0.173. The van der Waals surface area contributed by atoms with Crippen LogP contribution in [0.5, 0.6) is 0 Å². The summed E-state index contributed by atoms with van der Waals surface area (Å²) in [4.78, 5) is 23.3. The van der Waals surface area contributed by atoms with Crippen molar-refractivity contribution in [2.75, 3.05) is 13.1 Å². The third kappa shape index (κ3) is 2.66. The van der Waals surface area contributed by atoms with Crippen molar-refractivity contribution < 1.29 is 5.21 Å². The van der Waals surface area contributed by atoms with Gasteiger partial charge in [-0.2, -0.15) is 0 Å². The predicted octanol–water partition coefficient (Wildman–Crippen LogP) is 2.05. The fourth-order valence-corrected chi connectivity index (χ4v) is 4.41. The van der Waals surface area contributed by atoms with Crippen molar-refractivity contribution in [2.45, 2.75) is 18.9 Å². The SMILES string of the molecule is O=c1cccc2n1C[C@@H]1C[C@@H]2CN(/C(=N/O)c2cnc3ccccc3n2)C1. The molecule has 136 valence electrons. The number of nitrogens with zero attached hydrogens (tertiary/aromatic N) is 5. The van der Waals surface area contributed by atoms with E-state index >= 15 is 0 Å². The van der Waals surface area contributed by atoms with Crippen LogP contribution in [0.15, 0.2) is 58.6 Å². The summed E-state index contributed by atoms with van der Waals surface area (Å²) >= 11 is 0. The molecule has 1 saturated heterocycles. The van der Waals surface area contributed by atoms with Crippen molar-refractivity contribution >= 4 is 16.9 Å². The van der Waals surface area contributed by atoms with Gasteiger partial charge >= 0.3 is 0 Å². The average molecular weight is 361 g/mol. The molecule has 0 spiro atoms. The summed E-state index contributed by atoms with van der Waals surface area (Å²) < 4.78 is 1.89. The van der Waals surface area contributed by atoms with E-state index in [1.807, 2.05) is 41.0 Å². The number of para-hydroxylation sites is 2. The second kappa shape index (κ2) is 6.19. The molecule has 2 aliphatic rings. The summed E-state index contributed by atoms with van der Waals surface area (Å²) in [6.07, 6.45) is 2.70. The van der Waals surface area contributed by atoms with Gasteiger partial charge in [-0.15, -0.1) is 0 Å². The molecule has 1 N–H and O–H groups in total. The number of rotatable bonds is 1. The standard InChI is InChI=1S/C20H19N5O2/c26-19-7-3-6-18-14-8-13(11-25(18)19)10-24(12-14)20(23-27)17-9-21-15-4-1-2-5-16(15)22-17/h1-7,9,13-14,27H,8,10-12H2/b23-20+/t13-,14-/m1/s1. The number of aromatic nitrogens is 3. The Hall–Kier alpha value is -3.22. The molecule has 0 radical (unpaired) electrons. The summed E-state index contributed by atoms with van der Waals surface area (Å²) in [5.74, 6) is 1.01. The number of hydrogen-bond donors (Lipinski definition) is 1. The second-order valence-electron chi connectivity index (χ2n) is 7.27. The molecule has 0 unspecified atom stereocenters. The average Bonchev–Trinajstić information content (AvgIpc) is 2.69. The van der Waals surface area contributed by atoms with Crippen molar-refractivity contribution in [1.82, 2.24) is 19.4 Å². The fourth-order valence-electron chi connectivity index (χ4n) is 4.41. The van der Waals surface area contributed by atoms with E-state index in [0.717, 1.165) is 29.7 Å². The largest absolute Gasteiger partial charge is 0.409 e. The van der Waals surface area contributed by atoms with Gasteiger partial charge in [0, 0.05) is 37.3 Å². The first kappa shape index (κ1) is 16.0. The molecule has 7 heteroatoms. The Labute approximate surface area is 155 Å². The quantitative estimate of drug-likeness (QED) is 0.310. The highest BCUT2D eigenvalue weighted by Gasteiger charge is 2.36. The van der Waals surface area contributed by atoms with Crippen LogP contribution in [0.25, 0.3) is 11.0 Å². The normalized spacial score (nSPS) is 21.9. The van der Waals surface area contributed by atoms with E-state index in [9.17, 15) is 10.0 Å². The van der Waals surface area contributed by atoms with Crippen molar-refractivity contribution in [3.8, 4) is 0 Å². The first-order valence-corrected chi connectivity index (χ1v) is 9.12. The molecule has 0 aliphatic carbocycles. The van der Waals surface area contributed by atoms with Crippen LogP contribution >= 0.6 is 0 Å². The smallest absolute Gasteiger partial charge is 0.250 e. The lowest BCUT2D eigenvalue weighted by atomic mass is 9.83. The number of hydrogen-bond acceptors (Lipinski definition) is 5. The molecule has 2 aliphatic heterocycles. The Morgan fingerprint density at radius 2 is 1.93 bits per heavy atom. The zero-order valence-electron chi connectivity index (χ0n) is 14.7. The van der Waals surface area contributed by atoms with Crippen LogP contribution < -0.4 is 5.56 Å². The Balaban J connectivity index is 1.50. The molecule has 0 amide bonds. The van der Waals surface area contributed by atoms with Crippen molar-refractivity contribution in [1.29, 1.82) is 0 Å². The first-order chi connectivity index (χ1) is 13.2. The third-order valence-corrected chi connectivity index (χ3v) is 5.55. The summed E-state index contributed by atoms with van der Waals surface area (Å²) in [7, 11) is 0. The van der Waals surface area contributed by atoms with E-state index in [0.29, 0.717) is 30.5 Å². The van der Waals surface area contributed by atoms with Gasteiger partial charge in [0.1, 0.15) is 5.69 Å². The minimum absolute atomic E-state index is 0.0621. The highest BCUT2D eigenvalue weighted by Crippen LogP contribution is 2.35. The molecule has 5 rings (SSSR count). The van der Waals surface area contributed by atoms with E-state index in [4.69, 9.17) is 0 Å². The maximum Gasteiger partial charge on any atom is 0.250 e. The summed E-state index contributed by atoms with van der Waals surface area (Å²) in [5, 5.41) is 13.3. The van der Waals surface area contributed by atoms with Crippen molar-refractivity contribution in [3.63, 3.8) is 0 Å². The monoisotopic (exact) mass is 361 g/mol. The lowest BCUT2D eigenvalue weighted by Gasteiger charge is -2.43. The van der Waals surface area contributed by atoms with E-state index in [2.05, 4.69) is 20.0 Å². The molecule has 2 atom stereocenters. The minimum atomic E-state index is 0.0621. The molecule has 7 nitrogen and oxygen atoms in total. The van der Waals surface area contributed by atoms with Gasteiger partial charge in [-0.05, 0) is 30.5 Å². The van der Waals surface area contributed by atoms with Crippen molar-refractivity contribution in [2.24, 2.45) is 11.1 Å². The lowest BCUT2D eigenvalue weighted by Crippen LogP contribution is -2.49. The molecule has 3 aromatic rings. The molecular weight excluding hydrogens is 342 g/mol. The Morgan fingerprint density at radius 1 is 1.07 bits per heavy atom. The maximum atomic E-state index is 12.2. The zero-order chi connectivity index (χ0) is 18.4. The zero-order valence-corrected chi connectivity index (χ0v) is 14.7. The van der Waals surface area contributed by atoms with Crippen LogP contribution in [0.4, 0.5) is 0 Å². The van der Waals surface area contributed by atoms with Crippen LogP contribution in [0.3, 0.4) is 0 Å². The number of fused-ring (bicyclic) bond motifs is 5. The summed E-state index contributed by atoms with van der Waals surface area (Å²) in [6.45, 7) is 2.11. The topological polar surface area (TPSA) is 83.6 Å². The number of amidine groups is 1. The molecule has 0 saturated carbocycles. The Morgan fingerprint density at radius 3 is 2.78 bits per heavy atom. The van der Waals surface area contributed by atoms with Gasteiger partial charge in [0.15, 0.2) is 5.84 Å². The van der Waals surface area contributed by atoms with Gasteiger partial charge in [-0.25, -0.2) is 4.98 Å². The number of benzene rings is 1. The molecule has 4 heterocycles. The van der Waals surface area contributed by atoms with Gasteiger partial charge in [0.25, 0.3) is 5.56 Å². The van der Waals surface area contributed by atoms with Crippen LogP contribution in [0, 0.1) is 5.92 Å². The van der Waals surface area contributed by atoms with Gasteiger partial charge < -0.3 is 14.7 Å². The molecule has 2 aromatic heterocycles. The third-order valence-electron chi connectivity index (χ3n) is 5.55. The van der Waals surface area contributed by atoms with E-state index < -0.39 is 0 Å². The molecule has 1 aromatic carbocycles. The molecular formula is C20H19N5O2. The summed E-state index contributed by atoms with van der Waals surface area (Å²) in [6, 6.07) is 13.1. The fraction of sp³-hybridized carbons (Fsp3) is 0.300. The van der Waals surface area contributed by atoms with E-state index in [-0.39, 0.29) is 11.5 Å². The second-order valence-corrected chi connectivity index (χ2v) is 7.27. The number of piperidine rings is 1. The van der Waals surface area contributed by atoms with Crippen LogP contribution in [0.1, 0.15) is 23.7 Å². The highest BCUT2D eigenvalue weighted by atomic mass is 16.4. The highest BCUT2D eigenvalue weighted by molar-refractivity contribution is 5.97. The predicted molar refractivity (Wildman–Crippen MR) is 101 cm³/mol. The van der Waals surface area contributed by atoms with Gasteiger partial charge in [-0.3, -0.25) is 9.78 Å². The minimum Gasteiger partial charge on any atom is -0.409 e. The number of likely N-dealkylation sites (tertiary alicyclic amines) is 1. The van der Waals surface area contributed by atoms with E-state index in [1.165, 1.54) is 0 Å². The Bertz CT molecular complexity index is 1110. The molecule has 27 heavy (non-hydrogen) atoms. The van der Waals surface area contributed by atoms with Crippen LogP contribution in [0.2, 0.25) is 0 Å². The van der Waals surface area contributed by atoms with Crippen LogP contribution in [-0.4, -0.2) is 43.6 Å². The van der Waals surface area contributed by atoms with Crippen LogP contribution in [-0.2, 0) is 6.54 Å². The number of pyridine rings is 1.